The first kappa shape index (κ1) is 10.9. The van der Waals surface area contributed by atoms with Crippen molar-refractivity contribution in [3.8, 4) is 0 Å². The summed E-state index contributed by atoms with van der Waals surface area (Å²) in [6.45, 7) is 2.35. The molecule has 1 aliphatic rings. The van der Waals surface area contributed by atoms with Crippen LogP contribution in [0.2, 0.25) is 0 Å². The predicted molar refractivity (Wildman–Crippen MR) is 68.6 cm³/mol. The van der Waals surface area contributed by atoms with Gasteiger partial charge >= 0.3 is 0 Å². The molecule has 1 fully saturated rings. The quantitative estimate of drug-likeness (QED) is 0.774. The van der Waals surface area contributed by atoms with Gasteiger partial charge < -0.3 is 5.32 Å². The van der Waals surface area contributed by atoms with E-state index in [4.69, 9.17) is 0 Å². The molecule has 2 rings (SSSR count). The van der Waals surface area contributed by atoms with Crippen LogP contribution in [-0.4, -0.2) is 12.3 Å². The lowest BCUT2D eigenvalue weighted by Crippen LogP contribution is -2.14. The summed E-state index contributed by atoms with van der Waals surface area (Å²) >= 11 is 1.79. The Morgan fingerprint density at radius 2 is 1.93 bits per heavy atom. The molecule has 1 saturated carbocycles. The van der Waals surface area contributed by atoms with Crippen LogP contribution < -0.4 is 5.32 Å². The molecular weight excluding hydrogens is 202 g/mol. The molecule has 0 saturated heterocycles. The van der Waals surface area contributed by atoms with Crippen molar-refractivity contribution < 1.29 is 0 Å². The molecule has 1 aliphatic carbocycles. The second-order valence-corrected chi connectivity index (χ2v) is 5.37. The molecule has 1 N–H and O–H groups in total. The molecule has 0 heterocycles. The molecule has 15 heavy (non-hydrogen) atoms. The lowest BCUT2D eigenvalue weighted by Gasteiger charge is -2.14. The van der Waals surface area contributed by atoms with Gasteiger partial charge in [-0.3, -0.25) is 0 Å². The monoisotopic (exact) mass is 221 g/mol. The van der Waals surface area contributed by atoms with Crippen molar-refractivity contribution >= 4 is 17.4 Å². The third kappa shape index (κ3) is 2.91. The number of hydrogen-bond acceptors (Lipinski definition) is 2. The molecule has 0 aliphatic heterocycles. The average molecular weight is 221 g/mol. The molecule has 0 unspecified atom stereocenters. The topological polar surface area (TPSA) is 12.0 Å². The maximum atomic E-state index is 3.61. The normalized spacial score (nSPS) is 25.5. The fourth-order valence-corrected chi connectivity index (χ4v) is 2.67. The van der Waals surface area contributed by atoms with Gasteiger partial charge in [-0.25, -0.2) is 0 Å². The lowest BCUT2D eigenvalue weighted by molar-refractivity contribution is 0.602. The van der Waals surface area contributed by atoms with Crippen molar-refractivity contribution in [2.45, 2.75) is 37.1 Å². The Labute approximate surface area is 96.7 Å². The second kappa shape index (κ2) is 4.93. The first-order valence-corrected chi connectivity index (χ1v) is 6.91. The molecule has 1 nitrogen and oxygen atoms in total. The maximum Gasteiger partial charge on any atom is 0.0343 e. The summed E-state index contributed by atoms with van der Waals surface area (Å²) < 4.78 is 0. The summed E-state index contributed by atoms with van der Waals surface area (Å²) in [6, 6.07) is 9.44. The van der Waals surface area contributed by atoms with E-state index >= 15 is 0 Å². The molecule has 2 heteroatoms. The minimum Gasteiger partial charge on any atom is -0.382 e. The first-order chi connectivity index (χ1) is 7.28. The smallest absolute Gasteiger partial charge is 0.0343 e. The van der Waals surface area contributed by atoms with Crippen LogP contribution in [0.1, 0.15) is 26.2 Å². The summed E-state index contributed by atoms with van der Waals surface area (Å²) in [7, 11) is 0. The van der Waals surface area contributed by atoms with Crippen LogP contribution in [0, 0.1) is 5.92 Å². The van der Waals surface area contributed by atoms with Gasteiger partial charge in [0.25, 0.3) is 0 Å². The van der Waals surface area contributed by atoms with E-state index in [2.05, 4.69) is 42.8 Å². The van der Waals surface area contributed by atoms with Gasteiger partial charge in [0, 0.05) is 16.6 Å². The number of thioether (sulfide) groups is 1. The zero-order chi connectivity index (χ0) is 10.7. The number of benzene rings is 1. The average Bonchev–Trinajstić information content (AvgIpc) is 2.65. The van der Waals surface area contributed by atoms with Crippen molar-refractivity contribution in [2.24, 2.45) is 5.92 Å². The minimum absolute atomic E-state index is 0.695. The standard InChI is InChI=1S/C13H19NS/c1-10-3-4-12(9-10)14-11-5-7-13(15-2)8-6-11/h5-8,10,12,14H,3-4,9H2,1-2H3/t10-,12-/m1/s1. The van der Waals surface area contributed by atoms with Gasteiger partial charge in [0.2, 0.25) is 0 Å². The zero-order valence-corrected chi connectivity index (χ0v) is 10.3. The zero-order valence-electron chi connectivity index (χ0n) is 9.49. The molecular formula is C13H19NS. The van der Waals surface area contributed by atoms with Gasteiger partial charge in [-0.1, -0.05) is 6.92 Å². The van der Waals surface area contributed by atoms with Gasteiger partial charge in [-0.05, 0) is 55.7 Å². The Hall–Kier alpha value is -0.630. The van der Waals surface area contributed by atoms with E-state index in [0.29, 0.717) is 6.04 Å². The van der Waals surface area contributed by atoms with E-state index in [9.17, 15) is 0 Å². The van der Waals surface area contributed by atoms with Crippen LogP contribution >= 0.6 is 11.8 Å². The lowest BCUT2D eigenvalue weighted by atomic mass is 10.1. The van der Waals surface area contributed by atoms with E-state index in [1.165, 1.54) is 29.8 Å². The van der Waals surface area contributed by atoms with Crippen LogP contribution in [0.3, 0.4) is 0 Å². The fourth-order valence-electron chi connectivity index (χ4n) is 2.26. The van der Waals surface area contributed by atoms with Crippen LogP contribution in [0.4, 0.5) is 5.69 Å². The van der Waals surface area contributed by atoms with Crippen molar-refractivity contribution in [3.63, 3.8) is 0 Å². The molecule has 82 valence electrons. The van der Waals surface area contributed by atoms with E-state index in [0.717, 1.165) is 5.92 Å². The highest BCUT2D eigenvalue weighted by Crippen LogP contribution is 2.28. The number of anilines is 1. The molecule has 0 amide bonds. The molecule has 0 spiro atoms. The molecule has 0 aromatic heterocycles. The Balaban J connectivity index is 1.93. The van der Waals surface area contributed by atoms with Gasteiger partial charge in [0.05, 0.1) is 0 Å². The predicted octanol–water partition coefficient (Wildman–Crippen LogP) is 4.01. The number of nitrogens with one attached hydrogen (secondary N) is 1. The third-order valence-corrected chi connectivity index (χ3v) is 3.90. The minimum atomic E-state index is 0.695. The van der Waals surface area contributed by atoms with E-state index < -0.39 is 0 Å². The Morgan fingerprint density at radius 3 is 2.47 bits per heavy atom. The van der Waals surface area contributed by atoms with E-state index in [1.54, 1.807) is 11.8 Å². The molecule has 1 aromatic rings. The van der Waals surface area contributed by atoms with Crippen molar-refractivity contribution in [3.05, 3.63) is 24.3 Å². The van der Waals surface area contributed by atoms with E-state index in [-0.39, 0.29) is 0 Å². The molecule has 0 radical (unpaired) electrons. The summed E-state index contributed by atoms with van der Waals surface area (Å²) in [4.78, 5) is 1.33. The SMILES string of the molecule is CSc1ccc(N[C@@H]2CC[C@@H](C)C2)cc1. The third-order valence-electron chi connectivity index (χ3n) is 3.16. The first-order valence-electron chi connectivity index (χ1n) is 5.68. The van der Waals surface area contributed by atoms with Gasteiger partial charge in [-0.2, -0.15) is 0 Å². The second-order valence-electron chi connectivity index (χ2n) is 4.49. The Bertz CT molecular complexity index is 307. The van der Waals surface area contributed by atoms with Crippen molar-refractivity contribution in [1.29, 1.82) is 0 Å². The van der Waals surface area contributed by atoms with Crippen LogP contribution in [0.15, 0.2) is 29.2 Å². The number of hydrogen-bond donors (Lipinski definition) is 1. The summed E-state index contributed by atoms with van der Waals surface area (Å²) in [5, 5.41) is 3.61. The molecule has 0 bridgehead atoms. The molecule has 1 aromatic carbocycles. The van der Waals surface area contributed by atoms with Crippen LogP contribution in [0.5, 0.6) is 0 Å². The Morgan fingerprint density at radius 1 is 1.20 bits per heavy atom. The highest BCUT2D eigenvalue weighted by molar-refractivity contribution is 7.98. The van der Waals surface area contributed by atoms with Crippen molar-refractivity contribution in [1.82, 2.24) is 0 Å². The highest BCUT2D eigenvalue weighted by atomic mass is 32.2. The summed E-state index contributed by atoms with van der Waals surface area (Å²) in [5.74, 6) is 0.896. The van der Waals surface area contributed by atoms with Crippen LogP contribution in [-0.2, 0) is 0 Å². The van der Waals surface area contributed by atoms with Crippen molar-refractivity contribution in [2.75, 3.05) is 11.6 Å². The maximum absolute atomic E-state index is 3.61. The van der Waals surface area contributed by atoms with Gasteiger partial charge in [0.1, 0.15) is 0 Å². The van der Waals surface area contributed by atoms with Crippen LogP contribution in [0.25, 0.3) is 0 Å². The highest BCUT2D eigenvalue weighted by Gasteiger charge is 2.20. The molecule has 2 atom stereocenters. The Kier molecular flexibility index (Phi) is 3.57. The van der Waals surface area contributed by atoms with Gasteiger partial charge in [0.15, 0.2) is 0 Å². The van der Waals surface area contributed by atoms with E-state index in [1.807, 2.05) is 0 Å². The summed E-state index contributed by atoms with van der Waals surface area (Å²) in [5.41, 5.74) is 1.27. The van der Waals surface area contributed by atoms with Gasteiger partial charge in [-0.15, -0.1) is 11.8 Å². The summed E-state index contributed by atoms with van der Waals surface area (Å²) in [6.07, 6.45) is 6.14. The fraction of sp³-hybridized carbons (Fsp3) is 0.538. The largest absolute Gasteiger partial charge is 0.382 e. The number of rotatable bonds is 3.